The summed E-state index contributed by atoms with van der Waals surface area (Å²) in [6, 6.07) is 10.3. The molecule has 1 aromatic carbocycles. The van der Waals surface area contributed by atoms with Crippen LogP contribution in [0, 0.1) is 0 Å². The van der Waals surface area contributed by atoms with Crippen LogP contribution in [0.15, 0.2) is 36.4 Å². The van der Waals surface area contributed by atoms with E-state index in [2.05, 4.69) is 36.0 Å². The van der Waals surface area contributed by atoms with Crippen molar-refractivity contribution < 1.29 is 5.11 Å². The van der Waals surface area contributed by atoms with E-state index in [-0.39, 0.29) is 0 Å². The van der Waals surface area contributed by atoms with Crippen LogP contribution in [-0.4, -0.2) is 21.2 Å². The SMILES string of the molecule is OC1(C/C=C/c2ccccc2)CC2CCC(C1)S2. The van der Waals surface area contributed by atoms with Gasteiger partial charge in [-0.15, -0.1) is 0 Å². The minimum Gasteiger partial charge on any atom is -0.389 e. The first-order valence-electron chi connectivity index (χ1n) is 6.83. The zero-order valence-corrected chi connectivity index (χ0v) is 11.4. The number of aliphatic hydroxyl groups is 1. The topological polar surface area (TPSA) is 20.2 Å². The van der Waals surface area contributed by atoms with E-state index in [1.165, 1.54) is 18.4 Å². The van der Waals surface area contributed by atoms with Crippen molar-refractivity contribution in [1.82, 2.24) is 0 Å². The fourth-order valence-corrected chi connectivity index (χ4v) is 5.06. The molecule has 2 heteroatoms. The van der Waals surface area contributed by atoms with Gasteiger partial charge in [-0.1, -0.05) is 42.5 Å². The molecular weight excluding hydrogens is 240 g/mol. The molecule has 18 heavy (non-hydrogen) atoms. The van der Waals surface area contributed by atoms with E-state index in [9.17, 15) is 5.11 Å². The third-order valence-corrected chi connectivity index (χ3v) is 5.59. The van der Waals surface area contributed by atoms with Gasteiger partial charge in [0.15, 0.2) is 0 Å². The van der Waals surface area contributed by atoms with Crippen LogP contribution in [0.4, 0.5) is 0 Å². The molecule has 1 aromatic rings. The van der Waals surface area contributed by atoms with Crippen molar-refractivity contribution in [2.75, 3.05) is 0 Å². The lowest BCUT2D eigenvalue weighted by molar-refractivity contribution is 0.0270. The predicted molar refractivity (Wildman–Crippen MR) is 78.7 cm³/mol. The second-order valence-electron chi connectivity index (χ2n) is 5.61. The van der Waals surface area contributed by atoms with Crippen LogP contribution in [0.25, 0.3) is 6.08 Å². The first-order chi connectivity index (χ1) is 8.73. The molecule has 2 bridgehead atoms. The van der Waals surface area contributed by atoms with E-state index in [1.54, 1.807) is 0 Å². The second-order valence-corrected chi connectivity index (χ2v) is 7.21. The number of benzene rings is 1. The normalized spacial score (nSPS) is 35.2. The number of rotatable bonds is 3. The van der Waals surface area contributed by atoms with Gasteiger partial charge in [0.1, 0.15) is 0 Å². The van der Waals surface area contributed by atoms with E-state index in [0.29, 0.717) is 10.5 Å². The Morgan fingerprint density at radius 1 is 1.17 bits per heavy atom. The van der Waals surface area contributed by atoms with Gasteiger partial charge in [-0.25, -0.2) is 0 Å². The van der Waals surface area contributed by atoms with Crippen LogP contribution < -0.4 is 0 Å². The lowest BCUT2D eigenvalue weighted by atomic mass is 9.90. The van der Waals surface area contributed by atoms with Gasteiger partial charge in [0.25, 0.3) is 0 Å². The highest BCUT2D eigenvalue weighted by Gasteiger charge is 2.42. The molecule has 0 saturated carbocycles. The highest BCUT2D eigenvalue weighted by molar-refractivity contribution is 8.00. The molecule has 2 atom stereocenters. The van der Waals surface area contributed by atoms with Crippen LogP contribution in [0.1, 0.15) is 37.7 Å². The largest absolute Gasteiger partial charge is 0.389 e. The number of hydrogen-bond donors (Lipinski definition) is 1. The molecule has 0 radical (unpaired) electrons. The summed E-state index contributed by atoms with van der Waals surface area (Å²) in [6.45, 7) is 0. The van der Waals surface area contributed by atoms with Crippen molar-refractivity contribution >= 4 is 17.8 Å². The highest BCUT2D eigenvalue weighted by atomic mass is 32.2. The van der Waals surface area contributed by atoms with Gasteiger partial charge in [0, 0.05) is 10.5 Å². The van der Waals surface area contributed by atoms with Crippen LogP contribution in [-0.2, 0) is 0 Å². The molecule has 0 amide bonds. The van der Waals surface area contributed by atoms with Gasteiger partial charge in [0.05, 0.1) is 5.60 Å². The molecule has 3 rings (SSSR count). The third-order valence-electron chi connectivity index (χ3n) is 4.02. The fraction of sp³-hybridized carbons (Fsp3) is 0.500. The Bertz CT molecular complexity index is 414. The lowest BCUT2D eigenvalue weighted by Crippen LogP contribution is -2.36. The van der Waals surface area contributed by atoms with Crippen molar-refractivity contribution in [3.05, 3.63) is 42.0 Å². The maximum atomic E-state index is 10.7. The van der Waals surface area contributed by atoms with Gasteiger partial charge in [-0.3, -0.25) is 0 Å². The summed E-state index contributed by atoms with van der Waals surface area (Å²) in [5, 5.41) is 12.1. The van der Waals surface area contributed by atoms with Crippen molar-refractivity contribution in [1.29, 1.82) is 0 Å². The number of thioether (sulfide) groups is 1. The van der Waals surface area contributed by atoms with E-state index >= 15 is 0 Å². The maximum Gasteiger partial charge on any atom is 0.0703 e. The molecule has 2 aliphatic rings. The number of fused-ring (bicyclic) bond motifs is 2. The Balaban J connectivity index is 1.61. The molecule has 0 aromatic heterocycles. The standard InChI is InChI=1S/C16H20OS/c17-16(11-14-8-9-15(12-16)18-14)10-4-7-13-5-2-1-3-6-13/h1-7,14-15,17H,8-12H2/b7-4+. The second kappa shape index (κ2) is 5.10. The van der Waals surface area contributed by atoms with Gasteiger partial charge >= 0.3 is 0 Å². The smallest absolute Gasteiger partial charge is 0.0703 e. The molecule has 0 spiro atoms. The van der Waals surface area contributed by atoms with Gasteiger partial charge in [-0.05, 0) is 37.7 Å². The Morgan fingerprint density at radius 2 is 1.83 bits per heavy atom. The monoisotopic (exact) mass is 260 g/mol. The zero-order valence-electron chi connectivity index (χ0n) is 10.6. The summed E-state index contributed by atoms with van der Waals surface area (Å²) in [5.41, 5.74) is 0.775. The molecule has 2 unspecified atom stereocenters. The Kier molecular flexibility index (Phi) is 3.49. The van der Waals surface area contributed by atoms with Gasteiger partial charge < -0.3 is 5.11 Å². The van der Waals surface area contributed by atoms with E-state index in [1.807, 2.05) is 18.2 Å². The van der Waals surface area contributed by atoms with Crippen molar-refractivity contribution in [3.63, 3.8) is 0 Å². The summed E-state index contributed by atoms with van der Waals surface area (Å²) in [6.07, 6.45) is 9.64. The lowest BCUT2D eigenvalue weighted by Gasteiger charge is -2.35. The average Bonchev–Trinajstić information content (AvgIpc) is 2.70. The summed E-state index contributed by atoms with van der Waals surface area (Å²) in [4.78, 5) is 0. The quantitative estimate of drug-likeness (QED) is 0.890. The molecule has 2 aliphatic heterocycles. The van der Waals surface area contributed by atoms with Crippen LogP contribution in [0.2, 0.25) is 0 Å². The summed E-state index contributed by atoms with van der Waals surface area (Å²) in [5.74, 6) is 0. The summed E-state index contributed by atoms with van der Waals surface area (Å²) in [7, 11) is 0. The average molecular weight is 260 g/mol. The van der Waals surface area contributed by atoms with Crippen molar-refractivity contribution in [2.24, 2.45) is 0 Å². The van der Waals surface area contributed by atoms with Gasteiger partial charge in [-0.2, -0.15) is 11.8 Å². The van der Waals surface area contributed by atoms with Crippen molar-refractivity contribution in [3.8, 4) is 0 Å². The molecule has 1 N–H and O–H groups in total. The first-order valence-corrected chi connectivity index (χ1v) is 7.77. The van der Waals surface area contributed by atoms with Crippen LogP contribution in [0.3, 0.4) is 0 Å². The van der Waals surface area contributed by atoms with Gasteiger partial charge in [0.2, 0.25) is 0 Å². The van der Waals surface area contributed by atoms with Crippen LogP contribution >= 0.6 is 11.8 Å². The Morgan fingerprint density at radius 3 is 2.50 bits per heavy atom. The molecule has 1 nitrogen and oxygen atoms in total. The number of hydrogen-bond acceptors (Lipinski definition) is 2. The molecule has 96 valence electrons. The highest BCUT2D eigenvalue weighted by Crippen LogP contribution is 2.48. The minimum atomic E-state index is -0.442. The van der Waals surface area contributed by atoms with E-state index in [0.717, 1.165) is 19.3 Å². The van der Waals surface area contributed by atoms with Crippen LogP contribution in [0.5, 0.6) is 0 Å². The summed E-state index contributed by atoms with van der Waals surface area (Å²) >= 11 is 2.10. The molecule has 0 aliphatic carbocycles. The zero-order chi connectivity index (χ0) is 12.4. The predicted octanol–water partition coefficient (Wildman–Crippen LogP) is 3.88. The van der Waals surface area contributed by atoms with E-state index < -0.39 is 5.60 Å². The maximum absolute atomic E-state index is 10.7. The molecule has 2 saturated heterocycles. The molecule has 2 fully saturated rings. The summed E-state index contributed by atoms with van der Waals surface area (Å²) < 4.78 is 0. The third kappa shape index (κ3) is 2.81. The molecular formula is C16H20OS. The Hall–Kier alpha value is -0.730. The first kappa shape index (κ1) is 12.3. The minimum absolute atomic E-state index is 0.442. The molecule has 2 heterocycles. The van der Waals surface area contributed by atoms with Crippen molar-refractivity contribution in [2.45, 2.75) is 48.2 Å². The van der Waals surface area contributed by atoms with E-state index in [4.69, 9.17) is 0 Å². The Labute approximate surface area is 113 Å². The fourth-order valence-electron chi connectivity index (χ4n) is 3.16.